The topological polar surface area (TPSA) is 70.7 Å². The molecule has 0 saturated carbocycles. The smallest absolute Gasteiger partial charge is 0.236 e. The Balaban J connectivity index is 1.65. The lowest BCUT2D eigenvalue weighted by Gasteiger charge is -2.17. The fourth-order valence-electron chi connectivity index (χ4n) is 5.35. The van der Waals surface area contributed by atoms with Crippen molar-refractivity contribution in [2.45, 2.75) is 135 Å². The molecule has 1 amide bonds. The third kappa shape index (κ3) is 17.0. The first kappa shape index (κ1) is 35.4. The Morgan fingerprint density at radius 3 is 2.27 bits per heavy atom. The first-order chi connectivity index (χ1) is 20.1. The highest BCUT2D eigenvalue weighted by atomic mass is 32.2. The minimum absolute atomic E-state index is 0.0391. The van der Waals surface area contributed by atoms with Gasteiger partial charge >= 0.3 is 0 Å². The first-order valence-electron chi connectivity index (χ1n) is 16.8. The van der Waals surface area contributed by atoms with Gasteiger partial charge in [0.15, 0.2) is 0 Å². The molecule has 0 aromatic heterocycles. The molecule has 2 atom stereocenters. The quantitative estimate of drug-likeness (QED) is 0.113. The number of hydrogen-bond donors (Lipinski definition) is 2. The molecule has 2 rings (SSSR count). The summed E-state index contributed by atoms with van der Waals surface area (Å²) in [5, 5.41) is 3.04. The fraction of sp³-hybridized carbons (Fsp3) is 0.714. The number of nitrogens with two attached hydrogens (primary N) is 1. The summed E-state index contributed by atoms with van der Waals surface area (Å²) in [6.07, 6.45) is 26.2. The van der Waals surface area contributed by atoms with Gasteiger partial charge in [0.1, 0.15) is 5.84 Å². The van der Waals surface area contributed by atoms with E-state index in [2.05, 4.69) is 66.7 Å². The van der Waals surface area contributed by atoms with Crippen molar-refractivity contribution in [2.75, 3.05) is 24.6 Å². The summed E-state index contributed by atoms with van der Waals surface area (Å²) >= 11 is 1.83. The zero-order valence-corrected chi connectivity index (χ0v) is 27.2. The number of carbonyl (C=O) groups excluding carboxylic acids is 1. The summed E-state index contributed by atoms with van der Waals surface area (Å²) in [5.41, 5.74) is 7.34. The number of allylic oxidation sites excluding steroid dienone is 1. The standard InChI is InChI=1S/C35H60N4OS/c1-3-5-6-7-8-9-10-11-12-13-14-15-16-17-21-27-39-30-32(38-34(39)29-31-22-19-18-20-23-31)24-26-37-35(40)33(36)25-28-41-4-2/h18-23,27,32-33H,3-17,24-26,28-30,36H2,1-2H3,(H,37,40). The molecule has 1 aromatic carbocycles. The third-order valence-corrected chi connectivity index (χ3v) is 8.86. The molecule has 41 heavy (non-hydrogen) atoms. The second kappa shape index (κ2) is 23.7. The van der Waals surface area contributed by atoms with Crippen LogP contribution in [-0.2, 0) is 11.2 Å². The van der Waals surface area contributed by atoms with Crippen LogP contribution in [0, 0.1) is 0 Å². The maximum Gasteiger partial charge on any atom is 0.236 e. The van der Waals surface area contributed by atoms with E-state index >= 15 is 0 Å². The maximum absolute atomic E-state index is 12.3. The number of benzene rings is 1. The van der Waals surface area contributed by atoms with Gasteiger partial charge in [0.2, 0.25) is 5.91 Å². The number of carbonyl (C=O) groups is 1. The summed E-state index contributed by atoms with van der Waals surface area (Å²) < 4.78 is 0. The second-order valence-corrected chi connectivity index (χ2v) is 13.0. The van der Waals surface area contributed by atoms with E-state index < -0.39 is 6.04 Å². The van der Waals surface area contributed by atoms with E-state index in [1.807, 2.05) is 11.8 Å². The Kier molecular flexibility index (Phi) is 20.5. The van der Waals surface area contributed by atoms with Crippen molar-refractivity contribution >= 4 is 23.5 Å². The first-order valence-corrected chi connectivity index (χ1v) is 17.9. The summed E-state index contributed by atoms with van der Waals surface area (Å²) in [7, 11) is 0. The molecule has 6 heteroatoms. The van der Waals surface area contributed by atoms with Crippen molar-refractivity contribution in [1.82, 2.24) is 10.2 Å². The Morgan fingerprint density at radius 1 is 1.00 bits per heavy atom. The molecule has 232 valence electrons. The zero-order chi connectivity index (χ0) is 29.4. The molecule has 0 bridgehead atoms. The lowest BCUT2D eigenvalue weighted by molar-refractivity contribution is -0.122. The number of nitrogens with one attached hydrogen (secondary N) is 1. The molecule has 1 aliphatic heterocycles. The van der Waals surface area contributed by atoms with Crippen molar-refractivity contribution in [2.24, 2.45) is 10.7 Å². The number of unbranched alkanes of at least 4 members (excludes halogenated alkanes) is 13. The molecular formula is C35H60N4OS. The van der Waals surface area contributed by atoms with Crippen LogP contribution in [-0.4, -0.2) is 53.3 Å². The van der Waals surface area contributed by atoms with Crippen LogP contribution in [0.5, 0.6) is 0 Å². The average molecular weight is 585 g/mol. The average Bonchev–Trinajstić information content (AvgIpc) is 3.36. The van der Waals surface area contributed by atoms with Gasteiger partial charge in [-0.1, -0.05) is 127 Å². The molecule has 3 N–H and O–H groups in total. The van der Waals surface area contributed by atoms with Gasteiger partial charge in [-0.05, 0) is 42.8 Å². The zero-order valence-electron chi connectivity index (χ0n) is 26.3. The van der Waals surface area contributed by atoms with Gasteiger partial charge in [-0.3, -0.25) is 9.79 Å². The summed E-state index contributed by atoms with van der Waals surface area (Å²) in [5.74, 6) is 3.08. The molecule has 1 heterocycles. The molecule has 1 aliphatic rings. The van der Waals surface area contributed by atoms with Gasteiger partial charge in [-0.25, -0.2) is 0 Å². The second-order valence-electron chi connectivity index (χ2n) is 11.6. The molecule has 0 spiro atoms. The highest BCUT2D eigenvalue weighted by Crippen LogP contribution is 2.18. The normalized spacial score (nSPS) is 15.9. The SMILES string of the molecule is CCCCCCCCCCCCCCCC=CN1CC(CCNC(=O)C(N)CCSCC)N=C1Cc1ccccc1. The number of rotatable bonds is 25. The van der Waals surface area contributed by atoms with E-state index in [4.69, 9.17) is 10.7 Å². The van der Waals surface area contributed by atoms with Crippen LogP contribution < -0.4 is 11.1 Å². The van der Waals surface area contributed by atoms with Crippen LogP contribution in [0.15, 0.2) is 47.6 Å². The third-order valence-electron chi connectivity index (χ3n) is 7.93. The van der Waals surface area contributed by atoms with Gasteiger partial charge in [0, 0.05) is 25.7 Å². The van der Waals surface area contributed by atoms with E-state index in [1.54, 1.807) is 0 Å². The number of aliphatic imine (C=N–C) groups is 1. The number of amides is 1. The Labute approximate surface area is 256 Å². The maximum atomic E-state index is 12.3. The fourth-order valence-corrected chi connectivity index (χ4v) is 6.06. The summed E-state index contributed by atoms with van der Waals surface area (Å²) in [6.45, 7) is 5.92. The molecule has 0 radical (unpaired) electrons. The predicted octanol–water partition coefficient (Wildman–Crippen LogP) is 8.28. The Morgan fingerprint density at radius 2 is 1.63 bits per heavy atom. The molecule has 1 aromatic rings. The van der Waals surface area contributed by atoms with Crippen LogP contribution >= 0.6 is 11.8 Å². The lowest BCUT2D eigenvalue weighted by Crippen LogP contribution is -2.42. The van der Waals surface area contributed by atoms with Crippen LogP contribution in [0.4, 0.5) is 0 Å². The highest BCUT2D eigenvalue weighted by Gasteiger charge is 2.24. The number of nitrogens with zero attached hydrogens (tertiary/aromatic N) is 2. The van der Waals surface area contributed by atoms with Gasteiger partial charge < -0.3 is 16.0 Å². The van der Waals surface area contributed by atoms with Crippen molar-refractivity contribution in [1.29, 1.82) is 0 Å². The van der Waals surface area contributed by atoms with Gasteiger partial charge in [-0.15, -0.1) is 0 Å². The molecule has 2 unspecified atom stereocenters. The van der Waals surface area contributed by atoms with Crippen LogP contribution in [0.1, 0.15) is 122 Å². The summed E-state index contributed by atoms with van der Waals surface area (Å²) in [4.78, 5) is 19.7. The minimum atomic E-state index is -0.417. The number of amidine groups is 1. The Bertz CT molecular complexity index is 844. The molecule has 0 aliphatic carbocycles. The highest BCUT2D eigenvalue weighted by molar-refractivity contribution is 7.99. The number of thioether (sulfide) groups is 1. The van der Waals surface area contributed by atoms with Crippen molar-refractivity contribution < 1.29 is 4.79 Å². The van der Waals surface area contributed by atoms with Gasteiger partial charge in [0.25, 0.3) is 0 Å². The minimum Gasteiger partial charge on any atom is -0.355 e. The van der Waals surface area contributed by atoms with E-state index in [0.717, 1.165) is 49.6 Å². The van der Waals surface area contributed by atoms with Crippen molar-refractivity contribution in [3.63, 3.8) is 0 Å². The van der Waals surface area contributed by atoms with E-state index in [-0.39, 0.29) is 11.9 Å². The van der Waals surface area contributed by atoms with E-state index in [9.17, 15) is 4.79 Å². The van der Waals surface area contributed by atoms with Crippen LogP contribution in [0.3, 0.4) is 0 Å². The van der Waals surface area contributed by atoms with E-state index in [0.29, 0.717) is 6.54 Å². The monoisotopic (exact) mass is 584 g/mol. The molecule has 5 nitrogen and oxygen atoms in total. The molecular weight excluding hydrogens is 524 g/mol. The van der Waals surface area contributed by atoms with E-state index in [1.165, 1.54) is 89.0 Å². The van der Waals surface area contributed by atoms with Crippen molar-refractivity contribution in [3.05, 3.63) is 48.2 Å². The van der Waals surface area contributed by atoms with Gasteiger partial charge in [-0.2, -0.15) is 11.8 Å². The molecule has 0 fully saturated rings. The lowest BCUT2D eigenvalue weighted by atomic mass is 10.0. The Hall–Kier alpha value is -1.79. The van der Waals surface area contributed by atoms with Crippen LogP contribution in [0.2, 0.25) is 0 Å². The summed E-state index contributed by atoms with van der Waals surface area (Å²) in [6, 6.07) is 10.4. The predicted molar refractivity (Wildman–Crippen MR) is 181 cm³/mol. The largest absolute Gasteiger partial charge is 0.355 e. The molecule has 0 saturated heterocycles. The van der Waals surface area contributed by atoms with Crippen molar-refractivity contribution in [3.8, 4) is 0 Å². The number of hydrogen-bond acceptors (Lipinski definition) is 5. The van der Waals surface area contributed by atoms with Gasteiger partial charge in [0.05, 0.1) is 12.1 Å². The van der Waals surface area contributed by atoms with Crippen LogP contribution in [0.25, 0.3) is 0 Å².